The topological polar surface area (TPSA) is 46.5 Å². The van der Waals surface area contributed by atoms with Gasteiger partial charge in [0.25, 0.3) is 5.60 Å². The van der Waals surface area contributed by atoms with Crippen molar-refractivity contribution in [3.63, 3.8) is 0 Å². The van der Waals surface area contributed by atoms with Crippen LogP contribution in [0.25, 0.3) is 0 Å². The number of benzene rings is 3. The Morgan fingerprint density at radius 2 is 1.17 bits per heavy atom. The number of carbonyl (C=O) groups excluding carboxylic acids is 1. The number of rotatable bonds is 7. The highest BCUT2D eigenvalue weighted by Gasteiger charge is 2.70. The molecule has 0 spiro atoms. The number of hydrogen-bond acceptors (Lipinski definition) is 3. The van der Waals surface area contributed by atoms with Crippen LogP contribution in [0.3, 0.4) is 0 Å². The summed E-state index contributed by atoms with van der Waals surface area (Å²) in [6.45, 7) is 0.858. The number of alkyl halides is 6. The zero-order valence-electron chi connectivity index (χ0n) is 18.3. The zero-order chi connectivity index (χ0) is 25.9. The van der Waals surface area contributed by atoms with Crippen molar-refractivity contribution in [2.24, 2.45) is 0 Å². The molecule has 0 heterocycles. The van der Waals surface area contributed by atoms with Gasteiger partial charge in [0.15, 0.2) is 14.7 Å². The Kier molecular flexibility index (Phi) is 7.86. The van der Waals surface area contributed by atoms with Crippen molar-refractivity contribution in [1.29, 1.82) is 0 Å². The normalized spacial score (nSPS) is 13.5. The van der Waals surface area contributed by atoms with Gasteiger partial charge in [-0.3, -0.25) is 0 Å². The molecule has 0 aliphatic carbocycles. The first-order valence-corrected chi connectivity index (χ1v) is 11.6. The maximum atomic E-state index is 12.9. The van der Waals surface area contributed by atoms with Crippen molar-refractivity contribution in [2.75, 3.05) is 0 Å². The van der Waals surface area contributed by atoms with Crippen molar-refractivity contribution in [1.82, 2.24) is 0 Å². The third kappa shape index (κ3) is 5.99. The van der Waals surface area contributed by atoms with E-state index >= 15 is 0 Å². The average Bonchev–Trinajstić information content (AvgIpc) is 2.79. The van der Waals surface area contributed by atoms with Gasteiger partial charge in [-0.2, -0.15) is 26.3 Å². The molecule has 0 aromatic heterocycles. The summed E-state index contributed by atoms with van der Waals surface area (Å²) in [7, 11) is -0.515. The molecule has 1 N–H and O–H groups in total. The Bertz CT molecular complexity index is 1060. The van der Waals surface area contributed by atoms with Gasteiger partial charge in [0.05, 0.1) is 16.5 Å². The summed E-state index contributed by atoms with van der Waals surface area (Å²) in [4.78, 5) is 15.3. The number of ether oxygens (including phenoxy) is 1. The lowest BCUT2D eigenvalue weighted by atomic mass is 9.95. The highest BCUT2D eigenvalue weighted by Crippen LogP contribution is 2.46. The summed E-state index contributed by atoms with van der Waals surface area (Å²) < 4.78 is 82.3. The minimum absolute atomic E-state index is 0.0483. The van der Waals surface area contributed by atoms with E-state index in [1.54, 1.807) is 12.1 Å². The molecule has 35 heavy (non-hydrogen) atoms. The summed E-state index contributed by atoms with van der Waals surface area (Å²) in [5, 5.41) is 9.31. The second-order valence-corrected chi connectivity index (χ2v) is 9.76. The fraction of sp³-hybridized carbons (Fsp3) is 0.240. The summed E-state index contributed by atoms with van der Waals surface area (Å²) in [5.41, 5.74) is -5.05. The fourth-order valence-electron chi connectivity index (χ4n) is 3.35. The predicted octanol–water partition coefficient (Wildman–Crippen LogP) is 6.57. The van der Waals surface area contributed by atoms with Crippen molar-refractivity contribution >= 4 is 16.9 Å². The molecule has 1 unspecified atom stereocenters. The predicted molar refractivity (Wildman–Crippen MR) is 118 cm³/mol. The van der Waals surface area contributed by atoms with Gasteiger partial charge in [0.1, 0.15) is 6.10 Å². The van der Waals surface area contributed by atoms with Crippen molar-refractivity contribution in [3.8, 4) is 0 Å². The lowest BCUT2D eigenvalue weighted by Crippen LogP contribution is -2.58. The van der Waals surface area contributed by atoms with E-state index in [-0.39, 0.29) is 5.56 Å². The van der Waals surface area contributed by atoms with E-state index in [9.17, 15) is 36.2 Å². The summed E-state index contributed by atoms with van der Waals surface area (Å²) in [6.07, 6.45) is -15.7. The van der Waals surface area contributed by atoms with Gasteiger partial charge in [0, 0.05) is 6.42 Å². The third-order valence-electron chi connectivity index (χ3n) is 5.11. The molecule has 0 saturated carbocycles. The smallest absolute Gasteiger partial charge is 0.426 e. The molecule has 0 radical (unpaired) electrons. The maximum absolute atomic E-state index is 12.9. The van der Waals surface area contributed by atoms with E-state index in [4.69, 9.17) is 4.74 Å². The zero-order valence-corrected chi connectivity index (χ0v) is 19.1. The summed E-state index contributed by atoms with van der Waals surface area (Å²) in [6, 6.07) is 25.3. The molecule has 0 amide bonds. The van der Waals surface area contributed by atoms with Crippen molar-refractivity contribution in [2.45, 2.75) is 52.1 Å². The van der Waals surface area contributed by atoms with Crippen molar-refractivity contribution < 1.29 is 41.0 Å². The molecule has 10 heteroatoms. The molecule has 0 bridgehead atoms. The average molecular weight is 515 g/mol. The van der Waals surface area contributed by atoms with Gasteiger partial charge in [0.2, 0.25) is 0 Å². The maximum Gasteiger partial charge on any atom is 0.426 e. The monoisotopic (exact) mass is 515 g/mol. The van der Waals surface area contributed by atoms with Gasteiger partial charge >= 0.3 is 18.3 Å². The molecular formula is C25H21F6O3S+. The molecule has 3 aromatic carbocycles. The van der Waals surface area contributed by atoms with Crippen LogP contribution in [-0.2, 0) is 15.6 Å². The Morgan fingerprint density at radius 1 is 0.771 bits per heavy atom. The SMILES string of the molecule is CC(CC(O)(C(F)(F)F)C(F)(F)F)OC(=O)c1ccc([S+](c2ccccc2)c2ccccc2)cc1. The van der Waals surface area contributed by atoms with Crippen LogP contribution in [0.4, 0.5) is 26.3 Å². The van der Waals surface area contributed by atoms with Gasteiger partial charge in [-0.1, -0.05) is 36.4 Å². The first-order chi connectivity index (χ1) is 16.3. The van der Waals surface area contributed by atoms with Gasteiger partial charge in [-0.25, -0.2) is 4.79 Å². The van der Waals surface area contributed by atoms with Crippen LogP contribution < -0.4 is 0 Å². The van der Waals surface area contributed by atoms with Crippen LogP contribution in [0.1, 0.15) is 23.7 Å². The van der Waals surface area contributed by atoms with Crippen LogP contribution in [0.2, 0.25) is 0 Å². The van der Waals surface area contributed by atoms with Crippen LogP contribution in [0.5, 0.6) is 0 Å². The Labute approximate surface area is 200 Å². The molecular weight excluding hydrogens is 494 g/mol. The Morgan fingerprint density at radius 3 is 1.57 bits per heavy atom. The van der Waals surface area contributed by atoms with Gasteiger partial charge in [-0.05, 0) is 55.5 Å². The quantitative estimate of drug-likeness (QED) is 0.220. The Balaban J connectivity index is 1.79. The largest absolute Gasteiger partial charge is 0.459 e. The van der Waals surface area contributed by atoms with Crippen LogP contribution >= 0.6 is 0 Å². The summed E-state index contributed by atoms with van der Waals surface area (Å²) in [5.74, 6) is -1.10. The standard InChI is InChI=1S/C25H21F6O3S/c1-17(16-23(33,24(26,27)28)25(29,30)31)34-22(32)18-12-14-21(15-13-18)35(19-8-4-2-5-9-19)20-10-6-3-7-11-20/h2-15,17,33H,16H2,1H3/q+1. The van der Waals surface area contributed by atoms with Gasteiger partial charge in [-0.15, -0.1) is 0 Å². The number of aliphatic hydroxyl groups is 1. The first kappa shape index (κ1) is 26.6. The minimum Gasteiger partial charge on any atom is -0.459 e. The molecule has 0 fully saturated rings. The summed E-state index contributed by atoms with van der Waals surface area (Å²) >= 11 is 0. The van der Waals surface area contributed by atoms with Crippen LogP contribution in [0.15, 0.2) is 99.6 Å². The first-order valence-electron chi connectivity index (χ1n) is 10.3. The molecule has 0 saturated heterocycles. The molecule has 0 aliphatic rings. The van der Waals surface area contributed by atoms with E-state index < -0.39 is 47.3 Å². The number of halogens is 6. The molecule has 3 nitrogen and oxygen atoms in total. The van der Waals surface area contributed by atoms with Crippen LogP contribution in [-0.4, -0.2) is 35.1 Å². The second kappa shape index (κ2) is 10.3. The van der Waals surface area contributed by atoms with E-state index in [2.05, 4.69) is 0 Å². The van der Waals surface area contributed by atoms with E-state index in [1.165, 1.54) is 12.1 Å². The molecule has 186 valence electrons. The minimum atomic E-state index is -5.99. The van der Waals surface area contributed by atoms with E-state index in [1.807, 2.05) is 60.7 Å². The lowest BCUT2D eigenvalue weighted by molar-refractivity contribution is -0.373. The lowest BCUT2D eigenvalue weighted by Gasteiger charge is -2.33. The highest BCUT2D eigenvalue weighted by molar-refractivity contribution is 7.97. The highest BCUT2D eigenvalue weighted by atomic mass is 32.2. The molecule has 3 aromatic rings. The third-order valence-corrected chi connectivity index (χ3v) is 7.34. The second-order valence-electron chi connectivity index (χ2n) is 7.73. The molecule has 1 atom stereocenters. The van der Waals surface area contributed by atoms with Crippen molar-refractivity contribution in [3.05, 3.63) is 90.5 Å². The van der Waals surface area contributed by atoms with Gasteiger partial charge < -0.3 is 9.84 Å². The molecule has 0 aliphatic heterocycles. The van der Waals surface area contributed by atoms with Crippen LogP contribution in [0, 0.1) is 0 Å². The fourth-order valence-corrected chi connectivity index (χ4v) is 5.43. The number of hydrogen-bond donors (Lipinski definition) is 1. The van der Waals surface area contributed by atoms with E-state index in [0.717, 1.165) is 21.6 Å². The van der Waals surface area contributed by atoms with E-state index in [0.29, 0.717) is 0 Å². The number of carbonyl (C=O) groups is 1. The molecule has 3 rings (SSSR count). The Hall–Kier alpha value is -2.98. The number of esters is 1.